The third kappa shape index (κ3) is 12.6. The van der Waals surface area contributed by atoms with Gasteiger partial charge in [0, 0.05) is 11.1 Å². The van der Waals surface area contributed by atoms with Crippen LogP contribution in [0.3, 0.4) is 0 Å². The molecule has 0 radical (unpaired) electrons. The van der Waals surface area contributed by atoms with Crippen molar-refractivity contribution in [3.8, 4) is 0 Å². The van der Waals surface area contributed by atoms with Crippen LogP contribution < -0.4 is 0 Å². The van der Waals surface area contributed by atoms with Gasteiger partial charge in [-0.15, -0.1) is 0 Å². The van der Waals surface area contributed by atoms with Gasteiger partial charge in [-0.2, -0.15) is 0 Å². The van der Waals surface area contributed by atoms with Crippen LogP contribution in [0.25, 0.3) is 0 Å². The van der Waals surface area contributed by atoms with E-state index < -0.39 is 0 Å². The number of carbonyl (C=O) groups is 2. The molecule has 0 fully saturated rings. The van der Waals surface area contributed by atoms with Gasteiger partial charge in [0.15, 0.2) is 0 Å². The lowest BCUT2D eigenvalue weighted by molar-refractivity contribution is -0.142. The zero-order valence-electron chi connectivity index (χ0n) is 18.2. The number of hydrogen-bond donors (Lipinski definition) is 0. The van der Waals surface area contributed by atoms with Crippen LogP contribution in [0.2, 0.25) is 0 Å². The monoisotopic (exact) mass is 382 g/mol. The quantitative estimate of drug-likeness (QED) is 0.163. The fraction of sp³-hybridized carbons (Fsp3) is 0.826. The third-order valence-corrected chi connectivity index (χ3v) is 4.63. The largest absolute Gasteiger partial charge is 0.462 e. The third-order valence-electron chi connectivity index (χ3n) is 4.63. The summed E-state index contributed by atoms with van der Waals surface area (Å²) in [5, 5.41) is 0. The topological polar surface area (TPSA) is 52.6 Å². The second kappa shape index (κ2) is 18.1. The van der Waals surface area contributed by atoms with E-state index >= 15 is 0 Å². The summed E-state index contributed by atoms with van der Waals surface area (Å²) in [6.07, 6.45) is 12.2. The van der Waals surface area contributed by atoms with Gasteiger partial charge in [0.05, 0.1) is 13.2 Å². The van der Waals surface area contributed by atoms with Crippen molar-refractivity contribution in [1.82, 2.24) is 0 Å². The van der Waals surface area contributed by atoms with Crippen LogP contribution in [-0.2, 0) is 19.1 Å². The lowest BCUT2D eigenvalue weighted by Gasteiger charge is -2.15. The molecular weight excluding hydrogens is 340 g/mol. The predicted molar refractivity (Wildman–Crippen MR) is 112 cm³/mol. The summed E-state index contributed by atoms with van der Waals surface area (Å²) in [6, 6.07) is 0. The molecule has 27 heavy (non-hydrogen) atoms. The second-order valence-electron chi connectivity index (χ2n) is 7.20. The van der Waals surface area contributed by atoms with Crippen molar-refractivity contribution in [3.63, 3.8) is 0 Å². The summed E-state index contributed by atoms with van der Waals surface area (Å²) < 4.78 is 10.9. The Balaban J connectivity index is 5.25. The van der Waals surface area contributed by atoms with E-state index in [1.165, 1.54) is 19.3 Å². The van der Waals surface area contributed by atoms with Gasteiger partial charge < -0.3 is 9.47 Å². The maximum atomic E-state index is 12.7. The fourth-order valence-corrected chi connectivity index (χ4v) is 2.80. The van der Waals surface area contributed by atoms with Gasteiger partial charge in [0.1, 0.15) is 0 Å². The minimum Gasteiger partial charge on any atom is -0.462 e. The van der Waals surface area contributed by atoms with Crippen molar-refractivity contribution in [2.75, 3.05) is 13.2 Å². The molecule has 0 amide bonds. The van der Waals surface area contributed by atoms with E-state index in [4.69, 9.17) is 9.47 Å². The van der Waals surface area contributed by atoms with Crippen LogP contribution in [0.1, 0.15) is 111 Å². The summed E-state index contributed by atoms with van der Waals surface area (Å²) in [5.74, 6) is -0.648. The Hall–Kier alpha value is -1.32. The average molecular weight is 383 g/mol. The van der Waals surface area contributed by atoms with Crippen LogP contribution in [0.4, 0.5) is 0 Å². The Morgan fingerprint density at radius 3 is 1.37 bits per heavy atom. The van der Waals surface area contributed by atoms with Crippen LogP contribution in [-0.4, -0.2) is 25.2 Å². The number of ether oxygens (including phenoxy) is 2. The van der Waals surface area contributed by atoms with Crippen LogP contribution >= 0.6 is 0 Å². The first-order chi connectivity index (χ1) is 13.1. The lowest BCUT2D eigenvalue weighted by atomic mass is 9.97. The van der Waals surface area contributed by atoms with Gasteiger partial charge >= 0.3 is 11.9 Å². The number of esters is 2. The van der Waals surface area contributed by atoms with Gasteiger partial charge in [-0.3, -0.25) is 0 Å². The number of carbonyl (C=O) groups excluding carboxylic acids is 2. The molecule has 0 aromatic carbocycles. The van der Waals surface area contributed by atoms with Crippen LogP contribution in [0, 0.1) is 0 Å². The molecule has 0 heterocycles. The van der Waals surface area contributed by atoms with Gasteiger partial charge in [-0.25, -0.2) is 9.59 Å². The highest BCUT2D eigenvalue weighted by molar-refractivity contribution is 6.00. The standard InChI is InChI=1S/C23H42O4/c1-5-9-13-14-15-17-21(23(25)27-19-12-8-4)20(16-10-6-2)22(24)26-18-11-7-3/h5-19H2,1-4H3. The molecule has 0 bridgehead atoms. The average Bonchev–Trinajstić information content (AvgIpc) is 2.66. The molecular formula is C23H42O4. The van der Waals surface area contributed by atoms with E-state index in [1.807, 2.05) is 0 Å². The van der Waals surface area contributed by atoms with E-state index in [-0.39, 0.29) is 11.9 Å². The molecule has 158 valence electrons. The smallest absolute Gasteiger partial charge is 0.334 e. The molecule has 4 nitrogen and oxygen atoms in total. The summed E-state index contributed by atoms with van der Waals surface area (Å²) in [7, 11) is 0. The van der Waals surface area contributed by atoms with Crippen LogP contribution in [0.15, 0.2) is 11.1 Å². The molecule has 0 aromatic rings. The first-order valence-corrected chi connectivity index (χ1v) is 11.2. The molecule has 0 rings (SSSR count). The van der Waals surface area contributed by atoms with Gasteiger partial charge in [-0.1, -0.05) is 72.6 Å². The Labute approximate surface area is 167 Å². The van der Waals surface area contributed by atoms with Crippen molar-refractivity contribution >= 4 is 11.9 Å². The van der Waals surface area contributed by atoms with E-state index in [0.717, 1.165) is 51.4 Å². The minimum absolute atomic E-state index is 0.322. The van der Waals surface area contributed by atoms with E-state index in [9.17, 15) is 9.59 Å². The number of rotatable bonds is 17. The Kier molecular flexibility index (Phi) is 17.2. The zero-order chi connectivity index (χ0) is 20.3. The zero-order valence-corrected chi connectivity index (χ0v) is 18.2. The molecule has 4 heteroatoms. The van der Waals surface area contributed by atoms with Crippen molar-refractivity contribution in [2.45, 2.75) is 111 Å². The SMILES string of the molecule is CCCCCCCC(C(=O)OCCCC)=C(CCCC)C(=O)OCCCC. The maximum Gasteiger partial charge on any atom is 0.334 e. The summed E-state index contributed by atoms with van der Waals surface area (Å²) in [4.78, 5) is 25.3. The summed E-state index contributed by atoms with van der Waals surface area (Å²) in [5.41, 5.74) is 1.10. The summed E-state index contributed by atoms with van der Waals surface area (Å²) in [6.45, 7) is 9.24. The fourth-order valence-electron chi connectivity index (χ4n) is 2.80. The van der Waals surface area contributed by atoms with Crippen molar-refractivity contribution in [3.05, 3.63) is 11.1 Å². The molecule has 0 aromatic heterocycles. The Morgan fingerprint density at radius 2 is 0.926 bits per heavy atom. The first-order valence-electron chi connectivity index (χ1n) is 11.2. The number of hydrogen-bond acceptors (Lipinski definition) is 4. The molecule has 0 aliphatic heterocycles. The molecule has 0 saturated heterocycles. The molecule has 0 spiro atoms. The van der Waals surface area contributed by atoms with E-state index in [2.05, 4.69) is 27.7 Å². The highest BCUT2D eigenvalue weighted by atomic mass is 16.5. The molecule has 0 atom stereocenters. The maximum absolute atomic E-state index is 12.7. The van der Waals surface area contributed by atoms with E-state index in [0.29, 0.717) is 37.2 Å². The van der Waals surface area contributed by atoms with Crippen LogP contribution in [0.5, 0.6) is 0 Å². The van der Waals surface area contributed by atoms with E-state index in [1.54, 1.807) is 0 Å². The molecule has 0 N–H and O–H groups in total. The molecule has 0 aliphatic rings. The molecule has 0 saturated carbocycles. The van der Waals surface area contributed by atoms with Gasteiger partial charge in [-0.05, 0) is 38.5 Å². The predicted octanol–water partition coefficient (Wildman–Crippen LogP) is 6.52. The highest BCUT2D eigenvalue weighted by Crippen LogP contribution is 2.22. The highest BCUT2D eigenvalue weighted by Gasteiger charge is 2.22. The normalized spacial score (nSPS) is 11.9. The van der Waals surface area contributed by atoms with Crippen molar-refractivity contribution in [1.29, 1.82) is 0 Å². The van der Waals surface area contributed by atoms with Gasteiger partial charge in [0.25, 0.3) is 0 Å². The Morgan fingerprint density at radius 1 is 0.519 bits per heavy atom. The number of unbranched alkanes of at least 4 members (excludes halogenated alkanes) is 7. The molecule has 0 aliphatic carbocycles. The lowest BCUT2D eigenvalue weighted by Crippen LogP contribution is -2.18. The van der Waals surface area contributed by atoms with Crippen molar-refractivity contribution < 1.29 is 19.1 Å². The summed E-state index contributed by atoms with van der Waals surface area (Å²) >= 11 is 0. The molecule has 0 unspecified atom stereocenters. The van der Waals surface area contributed by atoms with Crippen molar-refractivity contribution in [2.24, 2.45) is 0 Å². The Bertz CT molecular complexity index is 426. The minimum atomic E-state index is -0.326. The first kappa shape index (κ1) is 25.7. The second-order valence-corrected chi connectivity index (χ2v) is 7.20. The van der Waals surface area contributed by atoms with Gasteiger partial charge in [0.2, 0.25) is 0 Å².